The maximum absolute atomic E-state index is 5.71. The second kappa shape index (κ2) is 7.10. The van der Waals surface area contributed by atoms with Gasteiger partial charge in [-0.2, -0.15) is 0 Å². The Morgan fingerprint density at radius 2 is 2.11 bits per heavy atom. The molecule has 2 rings (SSSR count). The van der Waals surface area contributed by atoms with Gasteiger partial charge in [0, 0.05) is 19.7 Å². The minimum absolute atomic E-state index is 0.139. The van der Waals surface area contributed by atoms with Crippen LogP contribution in [0.4, 0.5) is 0 Å². The lowest BCUT2D eigenvalue weighted by molar-refractivity contribution is 0.114. The Labute approximate surface area is 116 Å². The van der Waals surface area contributed by atoms with Gasteiger partial charge in [-0.3, -0.25) is 5.43 Å². The lowest BCUT2D eigenvalue weighted by atomic mass is 9.78. The molecule has 5 heteroatoms. The van der Waals surface area contributed by atoms with Crippen LogP contribution in [0.2, 0.25) is 0 Å². The Bertz CT molecular complexity index is 306. The number of hydrogen-bond donors (Lipinski definition) is 2. The molecule has 0 bridgehead atoms. The van der Waals surface area contributed by atoms with E-state index >= 15 is 0 Å². The van der Waals surface area contributed by atoms with Crippen LogP contribution in [-0.4, -0.2) is 43.2 Å². The van der Waals surface area contributed by atoms with Gasteiger partial charge < -0.3 is 9.64 Å². The Hall–Kier alpha value is -0.810. The lowest BCUT2D eigenvalue weighted by Crippen LogP contribution is -2.55. The maximum Gasteiger partial charge on any atom is 0.209 e. The third-order valence-electron chi connectivity index (χ3n) is 4.39. The van der Waals surface area contributed by atoms with E-state index in [1.807, 2.05) is 0 Å². The lowest BCUT2D eigenvalue weighted by Gasteiger charge is -2.45. The Morgan fingerprint density at radius 3 is 2.84 bits per heavy atom. The van der Waals surface area contributed by atoms with Gasteiger partial charge in [0.05, 0.1) is 12.6 Å². The van der Waals surface area contributed by atoms with Gasteiger partial charge in [-0.15, -0.1) is 0 Å². The number of fused-ring (bicyclic) bond motifs is 1. The molecule has 0 aromatic rings. The minimum Gasteiger partial charge on any atom is -0.382 e. The first kappa shape index (κ1) is 14.6. The Balaban J connectivity index is 2.07. The number of ether oxygens (including phenoxy) is 1. The molecule has 0 amide bonds. The molecule has 1 unspecified atom stereocenters. The number of nitrogens with zero attached hydrogens (tertiary/aromatic N) is 2. The third kappa shape index (κ3) is 3.60. The number of nitrogens with two attached hydrogens (primary N) is 1. The summed E-state index contributed by atoms with van der Waals surface area (Å²) < 4.78 is 5.15. The van der Waals surface area contributed by atoms with Crippen LogP contribution < -0.4 is 11.3 Å². The second-order valence-corrected chi connectivity index (χ2v) is 5.85. The van der Waals surface area contributed by atoms with Crippen LogP contribution in [0.25, 0.3) is 0 Å². The molecule has 0 aromatic carbocycles. The highest BCUT2D eigenvalue weighted by Crippen LogP contribution is 2.35. The number of likely N-dealkylation sites (tertiary alicyclic amines) is 1. The summed E-state index contributed by atoms with van der Waals surface area (Å²) in [4.78, 5) is 7.08. The largest absolute Gasteiger partial charge is 0.382 e. The van der Waals surface area contributed by atoms with Gasteiger partial charge in [0.15, 0.2) is 0 Å². The number of aliphatic imine (C=N–C) groups is 1. The number of hydrazine groups is 1. The van der Waals surface area contributed by atoms with Gasteiger partial charge in [0.25, 0.3) is 0 Å². The van der Waals surface area contributed by atoms with Gasteiger partial charge in [-0.05, 0) is 38.5 Å². The average Bonchev–Trinajstić information content (AvgIpc) is 2.44. The molecule has 1 heterocycles. The number of nitrogens with one attached hydrogen (secondary N) is 1. The summed E-state index contributed by atoms with van der Waals surface area (Å²) in [5, 5.41) is 0. The molecule has 3 atom stereocenters. The first-order valence-corrected chi connectivity index (χ1v) is 7.56. The van der Waals surface area contributed by atoms with Crippen molar-refractivity contribution in [1.29, 1.82) is 0 Å². The topological polar surface area (TPSA) is 62.9 Å². The van der Waals surface area contributed by atoms with E-state index in [0.717, 1.165) is 18.4 Å². The molecule has 1 saturated carbocycles. The summed E-state index contributed by atoms with van der Waals surface area (Å²) >= 11 is 0. The van der Waals surface area contributed by atoms with Gasteiger partial charge in [0.1, 0.15) is 0 Å². The number of guanidine groups is 1. The van der Waals surface area contributed by atoms with Crippen molar-refractivity contribution < 1.29 is 4.74 Å². The SMILES string of the molecule is COCC(C)N=C(NN)N1CCC[C@H]2CCCC[C@H]21. The Morgan fingerprint density at radius 1 is 1.37 bits per heavy atom. The van der Waals surface area contributed by atoms with E-state index in [9.17, 15) is 0 Å². The monoisotopic (exact) mass is 268 g/mol. The molecule has 3 N–H and O–H groups in total. The molecule has 0 radical (unpaired) electrons. The molecule has 1 saturated heterocycles. The summed E-state index contributed by atoms with van der Waals surface area (Å²) in [5.74, 6) is 7.39. The summed E-state index contributed by atoms with van der Waals surface area (Å²) in [6, 6.07) is 0.770. The van der Waals surface area contributed by atoms with Crippen molar-refractivity contribution in [2.75, 3.05) is 20.3 Å². The van der Waals surface area contributed by atoms with E-state index in [1.54, 1.807) is 7.11 Å². The summed E-state index contributed by atoms with van der Waals surface area (Å²) in [6.45, 7) is 3.76. The van der Waals surface area contributed by atoms with Crippen LogP contribution in [0.3, 0.4) is 0 Å². The van der Waals surface area contributed by atoms with Crippen LogP contribution in [0.5, 0.6) is 0 Å². The highest BCUT2D eigenvalue weighted by Gasteiger charge is 2.34. The summed E-state index contributed by atoms with van der Waals surface area (Å²) in [7, 11) is 1.71. The van der Waals surface area contributed by atoms with Crippen LogP contribution in [0, 0.1) is 5.92 Å². The van der Waals surface area contributed by atoms with Crippen LogP contribution in [0.15, 0.2) is 4.99 Å². The molecule has 0 spiro atoms. The highest BCUT2D eigenvalue weighted by atomic mass is 16.5. The van der Waals surface area contributed by atoms with E-state index in [-0.39, 0.29) is 6.04 Å². The van der Waals surface area contributed by atoms with Gasteiger partial charge in [-0.1, -0.05) is 12.8 Å². The average molecular weight is 268 g/mol. The smallest absolute Gasteiger partial charge is 0.209 e. The van der Waals surface area contributed by atoms with E-state index < -0.39 is 0 Å². The number of methoxy groups -OCH3 is 1. The van der Waals surface area contributed by atoms with Crippen molar-refractivity contribution in [3.63, 3.8) is 0 Å². The zero-order chi connectivity index (χ0) is 13.7. The van der Waals surface area contributed by atoms with Crippen molar-refractivity contribution in [2.45, 2.75) is 57.5 Å². The number of hydrogen-bond acceptors (Lipinski definition) is 3. The quantitative estimate of drug-likeness (QED) is 0.352. The van der Waals surface area contributed by atoms with Crippen molar-refractivity contribution in [2.24, 2.45) is 16.8 Å². The number of piperidine rings is 1. The standard InChI is InChI=1S/C14H28N4O/c1-11(10-19-2)16-14(17-15)18-9-5-7-12-6-3-4-8-13(12)18/h11-13H,3-10,15H2,1-2H3,(H,16,17)/t11?,12-,13-/m1/s1. The van der Waals surface area contributed by atoms with Gasteiger partial charge >= 0.3 is 0 Å². The summed E-state index contributed by atoms with van der Waals surface area (Å²) in [6.07, 6.45) is 7.99. The van der Waals surface area contributed by atoms with E-state index in [0.29, 0.717) is 12.6 Å². The predicted octanol–water partition coefficient (Wildman–Crippen LogP) is 1.50. The molecule has 2 aliphatic rings. The molecular formula is C14H28N4O. The number of rotatable bonds is 3. The molecule has 2 fully saturated rings. The van der Waals surface area contributed by atoms with Crippen molar-refractivity contribution >= 4 is 5.96 Å². The fourth-order valence-electron chi connectivity index (χ4n) is 3.57. The zero-order valence-electron chi connectivity index (χ0n) is 12.3. The van der Waals surface area contributed by atoms with E-state index in [2.05, 4.69) is 22.2 Å². The fourth-order valence-corrected chi connectivity index (χ4v) is 3.57. The predicted molar refractivity (Wildman–Crippen MR) is 77.8 cm³/mol. The zero-order valence-corrected chi connectivity index (χ0v) is 12.3. The van der Waals surface area contributed by atoms with Crippen LogP contribution in [-0.2, 0) is 4.74 Å². The molecule has 5 nitrogen and oxygen atoms in total. The van der Waals surface area contributed by atoms with Crippen LogP contribution in [0.1, 0.15) is 45.4 Å². The molecular weight excluding hydrogens is 240 g/mol. The van der Waals surface area contributed by atoms with Crippen LogP contribution >= 0.6 is 0 Å². The highest BCUT2D eigenvalue weighted by molar-refractivity contribution is 5.80. The molecule has 0 aromatic heterocycles. The van der Waals surface area contributed by atoms with Gasteiger partial charge in [-0.25, -0.2) is 10.8 Å². The molecule has 110 valence electrons. The first-order chi connectivity index (χ1) is 9.26. The third-order valence-corrected chi connectivity index (χ3v) is 4.39. The van der Waals surface area contributed by atoms with Gasteiger partial charge in [0.2, 0.25) is 5.96 Å². The molecule has 1 aliphatic heterocycles. The maximum atomic E-state index is 5.71. The second-order valence-electron chi connectivity index (χ2n) is 5.85. The van der Waals surface area contributed by atoms with Crippen molar-refractivity contribution in [3.05, 3.63) is 0 Å². The van der Waals surface area contributed by atoms with E-state index in [1.165, 1.54) is 38.5 Å². The molecule has 19 heavy (non-hydrogen) atoms. The minimum atomic E-state index is 0.139. The fraction of sp³-hybridized carbons (Fsp3) is 0.929. The van der Waals surface area contributed by atoms with Crippen molar-refractivity contribution in [1.82, 2.24) is 10.3 Å². The normalized spacial score (nSPS) is 29.8. The summed E-state index contributed by atoms with van der Waals surface area (Å²) in [5.41, 5.74) is 2.81. The van der Waals surface area contributed by atoms with E-state index in [4.69, 9.17) is 10.6 Å². The molecule has 1 aliphatic carbocycles. The Kier molecular flexibility index (Phi) is 5.45. The first-order valence-electron chi connectivity index (χ1n) is 7.56. The van der Waals surface area contributed by atoms with Crippen molar-refractivity contribution in [3.8, 4) is 0 Å².